The smallest absolute Gasteiger partial charge is 0.290 e. The predicted molar refractivity (Wildman–Crippen MR) is 125 cm³/mol. The molecule has 2 aromatic carbocycles. The number of amides is 1. The molecule has 0 spiro atoms. The molecule has 0 bridgehead atoms. The van der Waals surface area contributed by atoms with E-state index in [0.29, 0.717) is 40.3 Å². The van der Waals surface area contributed by atoms with E-state index in [9.17, 15) is 9.59 Å². The summed E-state index contributed by atoms with van der Waals surface area (Å²) < 4.78 is 22.1. The van der Waals surface area contributed by atoms with Crippen LogP contribution < -0.4 is 19.6 Å². The van der Waals surface area contributed by atoms with Crippen LogP contribution in [-0.4, -0.2) is 64.2 Å². The van der Waals surface area contributed by atoms with Crippen LogP contribution in [-0.2, 0) is 0 Å². The third-order valence-electron chi connectivity index (χ3n) is 5.90. The molecule has 0 radical (unpaired) electrons. The highest BCUT2D eigenvalue weighted by Crippen LogP contribution is 2.41. The summed E-state index contributed by atoms with van der Waals surface area (Å²) >= 11 is 0. The maximum absolute atomic E-state index is 13.6. The van der Waals surface area contributed by atoms with Gasteiger partial charge in [0.05, 0.1) is 38.3 Å². The maximum atomic E-state index is 13.6. The molecule has 4 rings (SSSR count). The summed E-state index contributed by atoms with van der Waals surface area (Å²) in [6, 6.07) is 9.87. The zero-order valence-corrected chi connectivity index (χ0v) is 19.5. The van der Waals surface area contributed by atoms with Crippen LogP contribution in [0.5, 0.6) is 17.2 Å². The Morgan fingerprint density at radius 1 is 0.970 bits per heavy atom. The van der Waals surface area contributed by atoms with E-state index < -0.39 is 6.04 Å². The van der Waals surface area contributed by atoms with Crippen molar-refractivity contribution in [3.63, 3.8) is 0 Å². The average Bonchev–Trinajstić information content (AvgIpc) is 3.09. The Morgan fingerprint density at radius 2 is 1.73 bits per heavy atom. The third kappa shape index (κ3) is 4.02. The van der Waals surface area contributed by atoms with E-state index in [4.69, 9.17) is 18.6 Å². The molecule has 1 amide bonds. The molecule has 1 aliphatic heterocycles. The Labute approximate surface area is 192 Å². The Kier molecular flexibility index (Phi) is 6.29. The van der Waals surface area contributed by atoms with Crippen LogP contribution in [0.1, 0.15) is 34.1 Å². The van der Waals surface area contributed by atoms with Gasteiger partial charge in [0, 0.05) is 12.6 Å². The summed E-state index contributed by atoms with van der Waals surface area (Å²) in [6.07, 6.45) is 0.748. The van der Waals surface area contributed by atoms with Crippen molar-refractivity contribution in [3.05, 3.63) is 63.5 Å². The number of ether oxygens (including phenoxy) is 3. The molecule has 0 aliphatic carbocycles. The minimum absolute atomic E-state index is 0.0744. The van der Waals surface area contributed by atoms with Crippen LogP contribution in [0.2, 0.25) is 0 Å². The number of nitrogens with zero attached hydrogens (tertiary/aromatic N) is 2. The maximum Gasteiger partial charge on any atom is 0.290 e. The normalized spacial score (nSPS) is 15.3. The first kappa shape index (κ1) is 22.7. The van der Waals surface area contributed by atoms with Crippen LogP contribution in [0.25, 0.3) is 11.0 Å². The van der Waals surface area contributed by atoms with Gasteiger partial charge in [0.25, 0.3) is 5.91 Å². The summed E-state index contributed by atoms with van der Waals surface area (Å²) in [5.74, 6) is 1.42. The molecule has 3 aromatic rings. The fraction of sp³-hybridized carbons (Fsp3) is 0.360. The monoisotopic (exact) mass is 452 g/mol. The van der Waals surface area contributed by atoms with Gasteiger partial charge >= 0.3 is 0 Å². The van der Waals surface area contributed by atoms with E-state index in [-0.39, 0.29) is 17.1 Å². The van der Waals surface area contributed by atoms with E-state index in [1.165, 1.54) is 7.11 Å². The summed E-state index contributed by atoms with van der Waals surface area (Å²) in [6.45, 7) is 1.28. The summed E-state index contributed by atoms with van der Waals surface area (Å²) in [5, 5.41) is 0.406. The van der Waals surface area contributed by atoms with Crippen LogP contribution in [0, 0.1) is 0 Å². The highest BCUT2D eigenvalue weighted by atomic mass is 16.5. The highest BCUT2D eigenvalue weighted by Gasteiger charge is 2.42. The molecule has 8 nitrogen and oxygen atoms in total. The van der Waals surface area contributed by atoms with E-state index in [1.807, 2.05) is 26.2 Å². The molecule has 1 atom stereocenters. The van der Waals surface area contributed by atoms with E-state index in [1.54, 1.807) is 43.4 Å². The zero-order valence-electron chi connectivity index (χ0n) is 19.5. The van der Waals surface area contributed by atoms with Crippen molar-refractivity contribution in [2.24, 2.45) is 0 Å². The first-order chi connectivity index (χ1) is 15.9. The van der Waals surface area contributed by atoms with Crippen LogP contribution in [0.4, 0.5) is 0 Å². The van der Waals surface area contributed by atoms with Crippen molar-refractivity contribution in [2.75, 3.05) is 48.5 Å². The molecule has 0 saturated carbocycles. The van der Waals surface area contributed by atoms with Gasteiger partial charge in [0.1, 0.15) is 11.3 Å². The van der Waals surface area contributed by atoms with Gasteiger partial charge in [0.2, 0.25) is 5.76 Å². The molecule has 0 saturated heterocycles. The molecule has 33 heavy (non-hydrogen) atoms. The second-order valence-electron chi connectivity index (χ2n) is 8.21. The Balaban J connectivity index is 1.89. The predicted octanol–water partition coefficient (Wildman–Crippen LogP) is 3.32. The SMILES string of the molecule is COc1ccc2c(=O)c3c(oc2c1)C(=O)N(CCCN(C)C)[C@H]3c1ccc(OC)c(OC)c1. The topological polar surface area (TPSA) is 81.5 Å². The second-order valence-corrected chi connectivity index (χ2v) is 8.21. The number of benzene rings is 2. The molecule has 8 heteroatoms. The fourth-order valence-corrected chi connectivity index (χ4v) is 4.28. The summed E-state index contributed by atoms with van der Waals surface area (Å²) in [7, 11) is 8.63. The molecule has 174 valence electrons. The number of carbonyl (C=O) groups is 1. The largest absolute Gasteiger partial charge is 0.497 e. The molecule has 2 heterocycles. The minimum atomic E-state index is -0.586. The lowest BCUT2D eigenvalue weighted by Crippen LogP contribution is -2.32. The number of carbonyl (C=O) groups excluding carboxylic acids is 1. The van der Waals surface area contributed by atoms with Gasteiger partial charge < -0.3 is 28.4 Å². The van der Waals surface area contributed by atoms with Gasteiger partial charge in [-0.2, -0.15) is 0 Å². The third-order valence-corrected chi connectivity index (χ3v) is 5.90. The number of hydrogen-bond donors (Lipinski definition) is 0. The number of rotatable bonds is 8. The molecule has 0 N–H and O–H groups in total. The Bertz CT molecular complexity index is 1250. The number of methoxy groups -OCH3 is 3. The standard InChI is InChI=1S/C25H28N2O6/c1-26(2)11-6-12-27-22(15-7-10-18(31-4)20(13-15)32-5)21-23(28)17-9-8-16(30-3)14-19(17)33-24(21)25(27)29/h7-10,13-14,22H,6,11-12H2,1-5H3/t22-/m0/s1. The number of fused-ring (bicyclic) bond motifs is 2. The fourth-order valence-electron chi connectivity index (χ4n) is 4.28. The average molecular weight is 453 g/mol. The lowest BCUT2D eigenvalue weighted by atomic mass is 9.98. The number of hydrogen-bond acceptors (Lipinski definition) is 7. The Morgan fingerprint density at radius 3 is 2.39 bits per heavy atom. The summed E-state index contributed by atoms with van der Waals surface area (Å²) in [5.41, 5.74) is 1.20. The van der Waals surface area contributed by atoms with Crippen LogP contribution >= 0.6 is 0 Å². The van der Waals surface area contributed by atoms with E-state index >= 15 is 0 Å². The molecule has 1 aromatic heterocycles. The van der Waals surface area contributed by atoms with Crippen molar-refractivity contribution < 1.29 is 23.4 Å². The van der Waals surface area contributed by atoms with Crippen molar-refractivity contribution in [3.8, 4) is 17.2 Å². The van der Waals surface area contributed by atoms with E-state index in [0.717, 1.165) is 18.5 Å². The molecule has 0 unspecified atom stereocenters. The second kappa shape index (κ2) is 9.15. The van der Waals surface area contributed by atoms with Gasteiger partial charge in [-0.15, -0.1) is 0 Å². The lowest BCUT2D eigenvalue weighted by Gasteiger charge is -2.26. The van der Waals surface area contributed by atoms with E-state index in [2.05, 4.69) is 4.90 Å². The first-order valence-electron chi connectivity index (χ1n) is 10.7. The molecule has 1 aliphatic rings. The van der Waals surface area contributed by atoms with Crippen LogP contribution in [0.15, 0.2) is 45.6 Å². The molecular weight excluding hydrogens is 424 g/mol. The van der Waals surface area contributed by atoms with Crippen molar-refractivity contribution >= 4 is 16.9 Å². The quantitative estimate of drug-likeness (QED) is 0.519. The molecular formula is C25H28N2O6. The van der Waals surface area contributed by atoms with Crippen molar-refractivity contribution in [1.82, 2.24) is 9.80 Å². The molecule has 0 fully saturated rings. The van der Waals surface area contributed by atoms with Crippen molar-refractivity contribution in [2.45, 2.75) is 12.5 Å². The first-order valence-corrected chi connectivity index (χ1v) is 10.7. The van der Waals surface area contributed by atoms with Gasteiger partial charge in [-0.3, -0.25) is 9.59 Å². The van der Waals surface area contributed by atoms with Gasteiger partial charge in [-0.1, -0.05) is 6.07 Å². The zero-order chi connectivity index (χ0) is 23.7. The Hall–Kier alpha value is -3.52. The summed E-state index contributed by atoms with van der Waals surface area (Å²) in [4.78, 5) is 30.9. The highest BCUT2D eigenvalue weighted by molar-refractivity contribution is 5.99. The van der Waals surface area contributed by atoms with Gasteiger partial charge in [-0.25, -0.2) is 0 Å². The van der Waals surface area contributed by atoms with Gasteiger partial charge in [-0.05, 0) is 56.9 Å². The lowest BCUT2D eigenvalue weighted by molar-refractivity contribution is 0.0722. The van der Waals surface area contributed by atoms with Crippen molar-refractivity contribution in [1.29, 1.82) is 0 Å². The van der Waals surface area contributed by atoms with Gasteiger partial charge in [0.15, 0.2) is 16.9 Å². The van der Waals surface area contributed by atoms with Crippen LogP contribution in [0.3, 0.4) is 0 Å². The minimum Gasteiger partial charge on any atom is -0.497 e.